The van der Waals surface area contributed by atoms with Gasteiger partial charge in [0.05, 0.1) is 10.7 Å². The van der Waals surface area contributed by atoms with E-state index < -0.39 is 0 Å². The molecule has 0 radical (unpaired) electrons. The maximum Gasteiger partial charge on any atom is 0.225 e. The van der Waals surface area contributed by atoms with E-state index in [1.807, 2.05) is 18.7 Å². The van der Waals surface area contributed by atoms with Gasteiger partial charge in [-0.3, -0.25) is 9.59 Å². The average molecular weight is 364 g/mol. The van der Waals surface area contributed by atoms with Crippen LogP contribution >= 0.6 is 11.3 Å². The lowest BCUT2D eigenvalue weighted by Crippen LogP contribution is -2.41. The largest absolute Gasteiger partial charge is 0.355 e. The topological polar surface area (TPSA) is 62.3 Å². The number of carbonyl (C=O) groups is 2. The van der Waals surface area contributed by atoms with Crippen LogP contribution in [0.2, 0.25) is 0 Å². The Morgan fingerprint density at radius 1 is 1.32 bits per heavy atom. The Kier molecular flexibility index (Phi) is 6.10. The second kappa shape index (κ2) is 8.30. The molecule has 0 aromatic carbocycles. The van der Waals surface area contributed by atoms with Gasteiger partial charge in [-0.2, -0.15) is 0 Å². The lowest BCUT2D eigenvalue weighted by Gasteiger charge is -2.33. The van der Waals surface area contributed by atoms with Crippen LogP contribution in [0.3, 0.4) is 0 Å². The van der Waals surface area contributed by atoms with Crippen LogP contribution in [0.15, 0.2) is 5.38 Å². The van der Waals surface area contributed by atoms with Crippen LogP contribution < -0.4 is 5.32 Å². The van der Waals surface area contributed by atoms with E-state index in [4.69, 9.17) is 4.98 Å². The maximum atomic E-state index is 12.2. The zero-order valence-electron chi connectivity index (χ0n) is 15.3. The number of hydrogen-bond acceptors (Lipinski definition) is 4. The Labute approximate surface area is 154 Å². The molecule has 2 heterocycles. The number of nitrogens with one attached hydrogen (secondary N) is 1. The van der Waals surface area contributed by atoms with E-state index >= 15 is 0 Å². The predicted octanol–water partition coefficient (Wildman–Crippen LogP) is 2.96. The van der Waals surface area contributed by atoms with Crippen molar-refractivity contribution in [1.82, 2.24) is 15.2 Å². The normalized spacial score (nSPS) is 21.2. The molecule has 0 spiro atoms. The van der Waals surface area contributed by atoms with Crippen LogP contribution in [0.5, 0.6) is 0 Å². The van der Waals surface area contributed by atoms with Gasteiger partial charge in [0, 0.05) is 49.2 Å². The molecular weight excluding hydrogens is 334 g/mol. The Morgan fingerprint density at radius 3 is 2.80 bits per heavy atom. The molecule has 1 atom stereocenters. The van der Waals surface area contributed by atoms with Gasteiger partial charge in [0.15, 0.2) is 0 Å². The van der Waals surface area contributed by atoms with Crippen molar-refractivity contribution >= 4 is 23.2 Å². The third-order valence-corrected chi connectivity index (χ3v) is 6.36. The summed E-state index contributed by atoms with van der Waals surface area (Å²) < 4.78 is 0. The molecule has 1 aromatic heterocycles. The summed E-state index contributed by atoms with van der Waals surface area (Å²) >= 11 is 1.70. The molecule has 3 rings (SSSR count). The van der Waals surface area contributed by atoms with Crippen molar-refractivity contribution in [3.63, 3.8) is 0 Å². The SMILES string of the molecule is CC(C)C(=O)N1CCC[C@@H](c2nc(CCNC(=O)C3CCC3)cs2)C1. The molecule has 1 aromatic rings. The van der Waals surface area contributed by atoms with Gasteiger partial charge in [-0.15, -0.1) is 11.3 Å². The van der Waals surface area contributed by atoms with Crippen molar-refractivity contribution in [3.8, 4) is 0 Å². The first-order valence-corrected chi connectivity index (χ1v) is 10.4. The summed E-state index contributed by atoms with van der Waals surface area (Å²) in [6, 6.07) is 0. The van der Waals surface area contributed by atoms with Gasteiger partial charge in [-0.25, -0.2) is 4.98 Å². The lowest BCUT2D eigenvalue weighted by molar-refractivity contribution is -0.135. The first-order chi connectivity index (χ1) is 12.0. The highest BCUT2D eigenvalue weighted by Crippen LogP contribution is 2.30. The Bertz CT molecular complexity index is 610. The highest BCUT2D eigenvalue weighted by Gasteiger charge is 2.28. The van der Waals surface area contributed by atoms with Crippen molar-refractivity contribution < 1.29 is 9.59 Å². The number of thiazole rings is 1. The number of aromatic nitrogens is 1. The van der Waals surface area contributed by atoms with Gasteiger partial charge < -0.3 is 10.2 Å². The second-order valence-electron chi connectivity index (χ2n) is 7.62. The minimum absolute atomic E-state index is 0.0601. The van der Waals surface area contributed by atoms with E-state index in [1.165, 1.54) is 6.42 Å². The van der Waals surface area contributed by atoms with Gasteiger partial charge in [0.25, 0.3) is 0 Å². The zero-order valence-corrected chi connectivity index (χ0v) is 16.1. The molecule has 138 valence electrons. The summed E-state index contributed by atoms with van der Waals surface area (Å²) in [6.07, 6.45) is 6.21. The van der Waals surface area contributed by atoms with Crippen LogP contribution in [0.1, 0.15) is 62.6 Å². The van der Waals surface area contributed by atoms with Gasteiger partial charge in [-0.1, -0.05) is 20.3 Å². The zero-order chi connectivity index (χ0) is 17.8. The molecule has 5 nitrogen and oxygen atoms in total. The first kappa shape index (κ1) is 18.4. The molecule has 1 aliphatic carbocycles. The fraction of sp³-hybridized carbons (Fsp3) is 0.737. The van der Waals surface area contributed by atoms with Gasteiger partial charge >= 0.3 is 0 Å². The summed E-state index contributed by atoms with van der Waals surface area (Å²) in [5.74, 6) is 1.12. The van der Waals surface area contributed by atoms with Crippen molar-refractivity contribution in [2.75, 3.05) is 19.6 Å². The third-order valence-electron chi connectivity index (χ3n) is 5.30. The average Bonchev–Trinajstić information content (AvgIpc) is 3.01. The van der Waals surface area contributed by atoms with Crippen molar-refractivity contribution in [2.24, 2.45) is 11.8 Å². The monoisotopic (exact) mass is 363 g/mol. The summed E-state index contributed by atoms with van der Waals surface area (Å²) in [5.41, 5.74) is 1.06. The quantitative estimate of drug-likeness (QED) is 0.845. The number of hydrogen-bond donors (Lipinski definition) is 1. The molecule has 1 N–H and O–H groups in total. The molecule has 6 heteroatoms. The van der Waals surface area contributed by atoms with E-state index in [2.05, 4.69) is 10.7 Å². The van der Waals surface area contributed by atoms with Crippen LogP contribution in [0, 0.1) is 11.8 Å². The van der Waals surface area contributed by atoms with E-state index in [9.17, 15) is 9.59 Å². The lowest BCUT2D eigenvalue weighted by atomic mass is 9.85. The highest BCUT2D eigenvalue weighted by molar-refractivity contribution is 7.09. The summed E-state index contributed by atoms with van der Waals surface area (Å²) in [7, 11) is 0. The summed E-state index contributed by atoms with van der Waals surface area (Å²) in [5, 5.41) is 6.27. The number of amides is 2. The van der Waals surface area contributed by atoms with Crippen LogP contribution in [0.4, 0.5) is 0 Å². The smallest absolute Gasteiger partial charge is 0.225 e. The van der Waals surface area contributed by atoms with Crippen molar-refractivity contribution in [3.05, 3.63) is 16.1 Å². The molecule has 1 aliphatic heterocycles. The molecule has 0 bridgehead atoms. The van der Waals surface area contributed by atoms with E-state index in [-0.39, 0.29) is 23.7 Å². The van der Waals surface area contributed by atoms with Crippen molar-refractivity contribution in [2.45, 2.75) is 58.3 Å². The van der Waals surface area contributed by atoms with Crippen LogP contribution in [-0.2, 0) is 16.0 Å². The highest BCUT2D eigenvalue weighted by atomic mass is 32.1. The molecule has 1 saturated carbocycles. The molecule has 25 heavy (non-hydrogen) atoms. The van der Waals surface area contributed by atoms with Crippen LogP contribution in [0.25, 0.3) is 0 Å². The number of likely N-dealkylation sites (tertiary alicyclic amines) is 1. The molecular formula is C19H29N3O2S. The van der Waals surface area contributed by atoms with E-state index in [0.717, 1.165) is 55.9 Å². The third kappa shape index (κ3) is 4.60. The molecule has 1 saturated heterocycles. The van der Waals surface area contributed by atoms with E-state index in [0.29, 0.717) is 12.5 Å². The maximum absolute atomic E-state index is 12.2. The molecule has 2 amide bonds. The van der Waals surface area contributed by atoms with Gasteiger partial charge in [0.2, 0.25) is 11.8 Å². The van der Waals surface area contributed by atoms with E-state index in [1.54, 1.807) is 11.3 Å². The number of rotatable bonds is 6. The molecule has 2 fully saturated rings. The number of piperidine rings is 1. The predicted molar refractivity (Wildman–Crippen MR) is 99.6 cm³/mol. The number of carbonyl (C=O) groups excluding carboxylic acids is 2. The first-order valence-electron chi connectivity index (χ1n) is 9.55. The summed E-state index contributed by atoms with van der Waals surface area (Å²) in [4.78, 5) is 30.9. The summed E-state index contributed by atoms with van der Waals surface area (Å²) in [6.45, 7) is 6.26. The standard InChI is InChI=1S/C19H29N3O2S/c1-13(2)19(24)22-10-4-7-15(11-22)18-21-16(12-25-18)8-9-20-17(23)14-5-3-6-14/h12-15H,3-11H2,1-2H3,(H,20,23)/t15-/m1/s1. The Morgan fingerprint density at radius 2 is 2.12 bits per heavy atom. The van der Waals surface area contributed by atoms with Crippen LogP contribution in [-0.4, -0.2) is 41.3 Å². The van der Waals surface area contributed by atoms with Crippen molar-refractivity contribution in [1.29, 1.82) is 0 Å². The number of nitrogens with zero attached hydrogens (tertiary/aromatic N) is 2. The second-order valence-corrected chi connectivity index (χ2v) is 8.51. The molecule has 2 aliphatic rings. The van der Waals surface area contributed by atoms with Gasteiger partial charge in [0.1, 0.15) is 0 Å². The fourth-order valence-corrected chi connectivity index (χ4v) is 4.48. The minimum Gasteiger partial charge on any atom is -0.355 e. The Hall–Kier alpha value is -1.43. The molecule has 0 unspecified atom stereocenters. The Balaban J connectivity index is 1.48. The van der Waals surface area contributed by atoms with Gasteiger partial charge in [-0.05, 0) is 25.7 Å². The fourth-order valence-electron chi connectivity index (χ4n) is 3.50. The minimum atomic E-state index is 0.0601.